The molecule has 1 aromatic rings. The number of hydrogen-bond donors (Lipinski definition) is 1. The molecule has 0 aliphatic rings. The van der Waals surface area contributed by atoms with E-state index in [0.717, 1.165) is 10.8 Å². The first-order valence-corrected chi connectivity index (χ1v) is 9.22. The molecule has 0 saturated heterocycles. The van der Waals surface area contributed by atoms with Gasteiger partial charge in [-0.05, 0) is 43.5 Å². The number of benzene rings is 1. The second-order valence-electron chi connectivity index (χ2n) is 5.88. The highest BCUT2D eigenvalue weighted by Crippen LogP contribution is 2.42. The lowest BCUT2D eigenvalue weighted by Crippen LogP contribution is -2.40. The van der Waals surface area contributed by atoms with Gasteiger partial charge in [-0.1, -0.05) is 35.1 Å². The number of alkyl halides is 7. The first-order chi connectivity index (χ1) is 11.9. The van der Waals surface area contributed by atoms with Crippen molar-refractivity contribution in [3.05, 3.63) is 29.3 Å². The van der Waals surface area contributed by atoms with Gasteiger partial charge in [0.1, 0.15) is 0 Å². The minimum Gasteiger partial charge on any atom is -0.324 e. The maximum absolute atomic E-state index is 13.1. The largest absolute Gasteiger partial charge is 0.418 e. The Kier molecular flexibility index (Phi) is 8.18. The highest BCUT2D eigenvalue weighted by molar-refractivity contribution is 14.1. The van der Waals surface area contributed by atoms with E-state index in [0.29, 0.717) is 31.0 Å². The van der Waals surface area contributed by atoms with E-state index in [-0.39, 0.29) is 0 Å². The van der Waals surface area contributed by atoms with Crippen molar-refractivity contribution >= 4 is 34.2 Å². The van der Waals surface area contributed by atoms with Gasteiger partial charge in [0.15, 0.2) is 0 Å². The summed E-state index contributed by atoms with van der Waals surface area (Å²) in [5, 5.41) is 1.88. The van der Waals surface area contributed by atoms with E-state index in [1.807, 2.05) is 5.32 Å². The molecule has 0 aliphatic heterocycles. The molecular weight excluding hydrogens is 477 g/mol. The third kappa shape index (κ3) is 6.29. The van der Waals surface area contributed by atoms with Crippen LogP contribution in [0.4, 0.5) is 32.0 Å². The van der Waals surface area contributed by atoms with E-state index in [9.17, 15) is 31.1 Å². The molecular formula is C16H19F6IN2O. The SMILES string of the molecule is CN(C)C(CCCCI)C(=O)Nc1c(C(F)(F)F)cccc1C(F)(F)F. The zero-order chi connectivity index (χ0) is 20.1. The number of nitrogens with one attached hydrogen (secondary N) is 1. The van der Waals surface area contributed by atoms with Crippen LogP contribution in [0.25, 0.3) is 0 Å². The Balaban J connectivity index is 3.25. The lowest BCUT2D eigenvalue weighted by atomic mass is 10.0. The minimum absolute atomic E-state index is 0.331. The van der Waals surface area contributed by atoms with Gasteiger partial charge in [-0.25, -0.2) is 0 Å². The summed E-state index contributed by atoms with van der Waals surface area (Å²) in [4.78, 5) is 13.9. The molecule has 0 radical (unpaired) electrons. The molecule has 0 aliphatic carbocycles. The molecule has 148 valence electrons. The van der Waals surface area contributed by atoms with Crippen molar-refractivity contribution in [3.63, 3.8) is 0 Å². The van der Waals surface area contributed by atoms with Crippen LogP contribution in [0.3, 0.4) is 0 Å². The summed E-state index contributed by atoms with van der Waals surface area (Å²) in [5.41, 5.74) is -4.30. The number of hydrogen-bond acceptors (Lipinski definition) is 2. The third-order valence-electron chi connectivity index (χ3n) is 3.71. The zero-order valence-corrected chi connectivity index (χ0v) is 16.3. The Hall–Kier alpha value is -1.04. The maximum Gasteiger partial charge on any atom is 0.418 e. The molecule has 1 aromatic carbocycles. The molecule has 26 heavy (non-hydrogen) atoms. The molecule has 1 N–H and O–H groups in total. The monoisotopic (exact) mass is 496 g/mol. The van der Waals surface area contributed by atoms with E-state index in [1.165, 1.54) is 4.90 Å². The summed E-state index contributed by atoms with van der Waals surface area (Å²) < 4.78 is 79.7. The van der Waals surface area contributed by atoms with Crippen LogP contribution in [0.5, 0.6) is 0 Å². The van der Waals surface area contributed by atoms with Gasteiger partial charge in [0.05, 0.1) is 22.9 Å². The van der Waals surface area contributed by atoms with Gasteiger partial charge in [-0.15, -0.1) is 0 Å². The second-order valence-corrected chi connectivity index (χ2v) is 6.96. The molecule has 0 aromatic heterocycles. The summed E-state index contributed by atoms with van der Waals surface area (Å²) in [6.07, 6.45) is -8.30. The van der Waals surface area contributed by atoms with Crippen molar-refractivity contribution in [2.75, 3.05) is 23.8 Å². The second kappa shape index (κ2) is 9.25. The van der Waals surface area contributed by atoms with E-state index in [2.05, 4.69) is 22.6 Å². The molecule has 3 nitrogen and oxygen atoms in total. The molecule has 1 unspecified atom stereocenters. The summed E-state index contributed by atoms with van der Waals surface area (Å²) in [6, 6.07) is 0.878. The highest BCUT2D eigenvalue weighted by Gasteiger charge is 2.41. The molecule has 10 heteroatoms. The van der Waals surface area contributed by atoms with Crippen LogP contribution in [0.1, 0.15) is 30.4 Å². The van der Waals surface area contributed by atoms with E-state index in [1.54, 1.807) is 14.1 Å². The number of carbonyl (C=O) groups excluding carboxylic acids is 1. The van der Waals surface area contributed by atoms with Crippen LogP contribution < -0.4 is 5.32 Å². The summed E-state index contributed by atoms with van der Waals surface area (Å²) >= 11 is 2.15. The number of halogens is 7. The lowest BCUT2D eigenvalue weighted by molar-refractivity contribution is -0.141. The van der Waals surface area contributed by atoms with Gasteiger partial charge in [0, 0.05) is 0 Å². The van der Waals surface area contributed by atoms with E-state index >= 15 is 0 Å². The number of rotatable bonds is 7. The number of nitrogens with zero attached hydrogens (tertiary/aromatic N) is 1. The van der Waals surface area contributed by atoms with Crippen molar-refractivity contribution in [3.8, 4) is 0 Å². The molecule has 0 spiro atoms. The Labute approximate surface area is 161 Å². The molecule has 0 heterocycles. The van der Waals surface area contributed by atoms with Gasteiger partial charge in [0.2, 0.25) is 5.91 Å². The van der Waals surface area contributed by atoms with Crippen molar-refractivity contribution in [2.24, 2.45) is 0 Å². The van der Waals surface area contributed by atoms with Gasteiger partial charge in [-0.3, -0.25) is 9.69 Å². The fourth-order valence-corrected chi connectivity index (χ4v) is 2.96. The fraction of sp³-hybridized carbons (Fsp3) is 0.562. The molecule has 1 atom stereocenters. The zero-order valence-electron chi connectivity index (χ0n) is 14.1. The van der Waals surface area contributed by atoms with Crippen molar-refractivity contribution in [1.82, 2.24) is 4.90 Å². The van der Waals surface area contributed by atoms with Crippen molar-refractivity contribution in [2.45, 2.75) is 37.7 Å². The van der Waals surface area contributed by atoms with Crippen molar-refractivity contribution < 1.29 is 31.1 Å². The van der Waals surface area contributed by atoms with Crippen molar-refractivity contribution in [1.29, 1.82) is 0 Å². The van der Waals surface area contributed by atoms with E-state index < -0.39 is 41.1 Å². The highest BCUT2D eigenvalue weighted by atomic mass is 127. The van der Waals surface area contributed by atoms with Crippen LogP contribution >= 0.6 is 22.6 Å². The van der Waals surface area contributed by atoms with Gasteiger partial charge < -0.3 is 5.32 Å². The lowest BCUT2D eigenvalue weighted by Gasteiger charge is -2.25. The van der Waals surface area contributed by atoms with Crippen LogP contribution in [0, 0.1) is 0 Å². The van der Waals surface area contributed by atoms with Crippen LogP contribution in [-0.4, -0.2) is 35.4 Å². The molecule has 1 rings (SSSR count). The normalized spacial score (nSPS) is 13.8. The predicted octanol–water partition coefficient (Wildman–Crippen LogP) is 5.20. The average Bonchev–Trinajstić information content (AvgIpc) is 2.49. The molecule has 0 fully saturated rings. The molecule has 1 amide bonds. The Morgan fingerprint density at radius 1 is 1.08 bits per heavy atom. The molecule has 0 bridgehead atoms. The van der Waals surface area contributed by atoms with Gasteiger partial charge in [0.25, 0.3) is 0 Å². The standard InChI is InChI=1S/C16H19F6IN2O/c1-25(2)12(8-3-4-9-23)14(26)24-13-10(15(17,18)19)6-5-7-11(13)16(20,21)22/h5-7,12H,3-4,8-9H2,1-2H3,(H,24,26). The first-order valence-electron chi connectivity index (χ1n) is 7.70. The number of para-hydroxylation sites is 1. The average molecular weight is 496 g/mol. The quantitative estimate of drug-likeness (QED) is 0.244. The minimum atomic E-state index is -5.03. The summed E-state index contributed by atoms with van der Waals surface area (Å²) in [5.74, 6) is -0.898. The van der Waals surface area contributed by atoms with Gasteiger partial charge >= 0.3 is 12.4 Å². The number of unbranched alkanes of at least 4 members (excludes halogenated alkanes) is 1. The summed E-state index contributed by atoms with van der Waals surface area (Å²) in [6.45, 7) is 0. The van der Waals surface area contributed by atoms with E-state index in [4.69, 9.17) is 0 Å². The Morgan fingerprint density at radius 2 is 1.58 bits per heavy atom. The first kappa shape index (κ1) is 23.0. The van der Waals surface area contributed by atoms with Crippen LogP contribution in [0.2, 0.25) is 0 Å². The summed E-state index contributed by atoms with van der Waals surface area (Å²) in [7, 11) is 3.10. The number of amides is 1. The molecule has 0 saturated carbocycles. The fourth-order valence-electron chi connectivity index (χ4n) is 2.42. The predicted molar refractivity (Wildman–Crippen MR) is 95.3 cm³/mol. The maximum atomic E-state index is 13.1. The Morgan fingerprint density at radius 3 is 1.96 bits per heavy atom. The smallest absolute Gasteiger partial charge is 0.324 e. The number of carbonyl (C=O) groups is 1. The number of anilines is 1. The Bertz CT molecular complexity index is 583. The number of likely N-dealkylation sites (N-methyl/N-ethyl adjacent to an activating group) is 1. The topological polar surface area (TPSA) is 32.3 Å². The van der Waals surface area contributed by atoms with Gasteiger partial charge in [-0.2, -0.15) is 26.3 Å². The van der Waals surface area contributed by atoms with Crippen LogP contribution in [-0.2, 0) is 17.1 Å². The third-order valence-corrected chi connectivity index (χ3v) is 4.47. The van der Waals surface area contributed by atoms with Crippen LogP contribution in [0.15, 0.2) is 18.2 Å².